The molecule has 0 bridgehead atoms. The van der Waals surface area contributed by atoms with Crippen LogP contribution in [0.3, 0.4) is 0 Å². The Labute approximate surface area is 140 Å². The van der Waals surface area contributed by atoms with Crippen LogP contribution in [0.4, 0.5) is 4.39 Å². The lowest BCUT2D eigenvalue weighted by atomic mass is 9.93. The van der Waals surface area contributed by atoms with Crippen molar-refractivity contribution in [3.8, 4) is 11.5 Å². The van der Waals surface area contributed by atoms with Gasteiger partial charge in [-0.15, -0.1) is 0 Å². The number of aromatic nitrogens is 1. The summed E-state index contributed by atoms with van der Waals surface area (Å²) in [5.74, 6) is 0.384. The second kappa shape index (κ2) is 7.57. The zero-order chi connectivity index (χ0) is 16.9. The number of hydrogen-bond donors (Lipinski definition) is 2. The monoisotopic (exact) mass is 331 g/mol. The predicted molar refractivity (Wildman–Crippen MR) is 89.5 cm³/mol. The summed E-state index contributed by atoms with van der Waals surface area (Å²) in [6.45, 7) is 3.50. The molecule has 0 saturated carbocycles. The first-order chi connectivity index (χ1) is 11.6. The maximum Gasteiger partial charge on any atom is 0.253 e. The highest BCUT2D eigenvalue weighted by molar-refractivity contribution is 5.95. The molecule has 2 N–H and O–H groups in total. The van der Waals surface area contributed by atoms with Crippen LogP contribution in [0.5, 0.6) is 0 Å². The van der Waals surface area contributed by atoms with Crippen molar-refractivity contribution in [1.82, 2.24) is 15.6 Å². The average Bonchev–Trinajstić information content (AvgIpc) is 3.14. The molecule has 128 valence electrons. The predicted octanol–water partition coefficient (Wildman–Crippen LogP) is 2.72. The molecule has 0 aliphatic carbocycles. The second-order valence-corrected chi connectivity index (χ2v) is 6.12. The summed E-state index contributed by atoms with van der Waals surface area (Å²) in [5.41, 5.74) is 1.73. The van der Waals surface area contributed by atoms with E-state index in [-0.39, 0.29) is 18.4 Å². The van der Waals surface area contributed by atoms with Gasteiger partial charge in [0.2, 0.25) is 0 Å². The number of hydrogen-bond acceptors (Lipinski definition) is 4. The first-order valence-corrected chi connectivity index (χ1v) is 8.29. The molecule has 2 aromatic rings. The number of alkyl halides is 1. The molecular weight excluding hydrogens is 309 g/mol. The molecule has 1 aliphatic rings. The fourth-order valence-electron chi connectivity index (χ4n) is 3.02. The summed E-state index contributed by atoms with van der Waals surface area (Å²) in [6.07, 6.45) is 2.20. The molecule has 3 rings (SSSR count). The van der Waals surface area contributed by atoms with Crippen LogP contribution in [0.25, 0.3) is 11.5 Å². The van der Waals surface area contributed by atoms with Crippen LogP contribution in [0.2, 0.25) is 0 Å². The van der Waals surface area contributed by atoms with E-state index in [1.807, 2.05) is 6.07 Å². The Morgan fingerprint density at radius 2 is 2.21 bits per heavy atom. The Hall–Kier alpha value is -2.21. The Morgan fingerprint density at radius 3 is 2.88 bits per heavy atom. The number of furan rings is 1. The summed E-state index contributed by atoms with van der Waals surface area (Å²) in [4.78, 5) is 16.7. The van der Waals surface area contributed by atoms with Gasteiger partial charge in [-0.2, -0.15) is 0 Å². The summed E-state index contributed by atoms with van der Waals surface area (Å²) >= 11 is 0. The number of nitrogens with one attached hydrogen (secondary N) is 2. The molecule has 3 heterocycles. The maximum atomic E-state index is 14.2. The molecule has 1 atom stereocenters. The van der Waals surface area contributed by atoms with Gasteiger partial charge in [0.05, 0.1) is 17.5 Å². The fraction of sp³-hybridized carbons (Fsp3) is 0.444. The molecule has 0 spiro atoms. The van der Waals surface area contributed by atoms with Gasteiger partial charge in [0.1, 0.15) is 11.9 Å². The zero-order valence-electron chi connectivity index (χ0n) is 13.7. The van der Waals surface area contributed by atoms with Gasteiger partial charge in [-0.25, -0.2) is 9.37 Å². The number of amides is 1. The number of rotatable bonds is 5. The summed E-state index contributed by atoms with van der Waals surface area (Å²) in [6, 6.07) is 7.04. The standard InChI is InChI=1S/C18H22FN3O2/c1-12-14(4-5-16(22-12)17-3-2-10-24-17)18(23)21-11-15(19)13-6-8-20-9-7-13/h2-5,10,13,15,20H,6-9,11H2,1H3,(H,21,23). The van der Waals surface area contributed by atoms with E-state index >= 15 is 0 Å². The summed E-state index contributed by atoms with van der Waals surface area (Å²) in [5, 5.41) is 5.91. The number of piperidine rings is 1. The SMILES string of the molecule is Cc1nc(-c2ccco2)ccc1C(=O)NCC(F)C1CCNCC1. The van der Waals surface area contributed by atoms with E-state index in [1.54, 1.807) is 31.4 Å². The van der Waals surface area contributed by atoms with Crippen LogP contribution in [-0.4, -0.2) is 36.7 Å². The number of carbonyl (C=O) groups excluding carboxylic acids is 1. The van der Waals surface area contributed by atoms with Crippen molar-refractivity contribution in [3.63, 3.8) is 0 Å². The second-order valence-electron chi connectivity index (χ2n) is 6.12. The van der Waals surface area contributed by atoms with Crippen molar-refractivity contribution in [2.24, 2.45) is 5.92 Å². The van der Waals surface area contributed by atoms with E-state index in [9.17, 15) is 9.18 Å². The number of carbonyl (C=O) groups is 1. The van der Waals surface area contributed by atoms with Crippen molar-refractivity contribution in [2.75, 3.05) is 19.6 Å². The minimum absolute atomic E-state index is 0.0205. The molecule has 1 unspecified atom stereocenters. The van der Waals surface area contributed by atoms with Crippen LogP contribution in [0.15, 0.2) is 34.9 Å². The van der Waals surface area contributed by atoms with Crippen molar-refractivity contribution >= 4 is 5.91 Å². The van der Waals surface area contributed by atoms with Crippen molar-refractivity contribution in [1.29, 1.82) is 0 Å². The number of aryl methyl sites for hydroxylation is 1. The number of halogens is 1. The van der Waals surface area contributed by atoms with E-state index in [0.717, 1.165) is 25.9 Å². The topological polar surface area (TPSA) is 67.2 Å². The summed E-state index contributed by atoms with van der Waals surface area (Å²) in [7, 11) is 0. The van der Waals surface area contributed by atoms with Gasteiger partial charge in [-0.1, -0.05) is 0 Å². The molecule has 6 heteroatoms. The van der Waals surface area contributed by atoms with Crippen LogP contribution < -0.4 is 10.6 Å². The third-order valence-corrected chi connectivity index (χ3v) is 4.46. The van der Waals surface area contributed by atoms with Gasteiger partial charge in [0, 0.05) is 6.54 Å². The molecule has 2 aromatic heterocycles. The number of pyridine rings is 1. The van der Waals surface area contributed by atoms with E-state index < -0.39 is 6.17 Å². The zero-order valence-corrected chi connectivity index (χ0v) is 13.7. The summed E-state index contributed by atoms with van der Waals surface area (Å²) < 4.78 is 19.5. The van der Waals surface area contributed by atoms with Gasteiger partial charge >= 0.3 is 0 Å². The van der Waals surface area contributed by atoms with E-state index in [0.29, 0.717) is 22.7 Å². The molecular formula is C18H22FN3O2. The third-order valence-electron chi connectivity index (χ3n) is 4.46. The Balaban J connectivity index is 1.60. The third kappa shape index (κ3) is 3.82. The minimum atomic E-state index is -1.01. The number of nitrogens with zero attached hydrogens (tertiary/aromatic N) is 1. The van der Waals surface area contributed by atoms with Crippen LogP contribution in [-0.2, 0) is 0 Å². The Kier molecular flexibility index (Phi) is 5.25. The largest absolute Gasteiger partial charge is 0.463 e. The minimum Gasteiger partial charge on any atom is -0.463 e. The van der Waals surface area contributed by atoms with Gasteiger partial charge in [0.15, 0.2) is 5.76 Å². The molecule has 1 aliphatic heterocycles. The molecule has 0 radical (unpaired) electrons. The van der Waals surface area contributed by atoms with Gasteiger partial charge in [0.25, 0.3) is 5.91 Å². The van der Waals surface area contributed by atoms with Crippen molar-refractivity contribution in [2.45, 2.75) is 25.9 Å². The van der Waals surface area contributed by atoms with Crippen molar-refractivity contribution < 1.29 is 13.6 Å². The highest BCUT2D eigenvalue weighted by Crippen LogP contribution is 2.20. The van der Waals surface area contributed by atoms with Crippen LogP contribution >= 0.6 is 0 Å². The molecule has 1 fully saturated rings. The lowest BCUT2D eigenvalue weighted by Gasteiger charge is -2.25. The van der Waals surface area contributed by atoms with Gasteiger partial charge in [-0.3, -0.25) is 4.79 Å². The van der Waals surface area contributed by atoms with Crippen LogP contribution in [0, 0.1) is 12.8 Å². The fourth-order valence-corrected chi connectivity index (χ4v) is 3.02. The van der Waals surface area contributed by atoms with Gasteiger partial charge in [-0.05, 0) is 63.0 Å². The smallest absolute Gasteiger partial charge is 0.253 e. The van der Waals surface area contributed by atoms with Crippen LogP contribution in [0.1, 0.15) is 28.9 Å². The van der Waals surface area contributed by atoms with Crippen molar-refractivity contribution in [3.05, 3.63) is 41.8 Å². The first kappa shape index (κ1) is 16.6. The average molecular weight is 331 g/mol. The lowest BCUT2D eigenvalue weighted by molar-refractivity contribution is 0.0923. The van der Waals surface area contributed by atoms with E-state index in [2.05, 4.69) is 15.6 Å². The molecule has 1 amide bonds. The quantitative estimate of drug-likeness (QED) is 0.884. The highest BCUT2D eigenvalue weighted by Gasteiger charge is 2.24. The van der Waals surface area contributed by atoms with E-state index in [1.165, 1.54) is 0 Å². The van der Waals surface area contributed by atoms with E-state index in [4.69, 9.17) is 4.42 Å². The van der Waals surface area contributed by atoms with Gasteiger partial charge < -0.3 is 15.1 Å². The highest BCUT2D eigenvalue weighted by atomic mass is 19.1. The Morgan fingerprint density at radius 1 is 1.42 bits per heavy atom. The maximum absolute atomic E-state index is 14.2. The molecule has 0 aromatic carbocycles. The molecule has 1 saturated heterocycles. The Bertz CT molecular complexity index is 682. The first-order valence-electron chi connectivity index (χ1n) is 8.29. The lowest BCUT2D eigenvalue weighted by Crippen LogP contribution is -2.39. The molecule has 5 nitrogen and oxygen atoms in total. The normalized spacial score (nSPS) is 16.8. The molecule has 24 heavy (non-hydrogen) atoms.